The Kier molecular flexibility index (Phi) is 5.99. The average molecular weight is 239 g/mol. The third-order valence-electron chi connectivity index (χ3n) is 4.93. The summed E-state index contributed by atoms with van der Waals surface area (Å²) in [7, 11) is 2.11. The smallest absolute Gasteiger partial charge is 0.00209 e. The van der Waals surface area contributed by atoms with Crippen LogP contribution in [0.5, 0.6) is 0 Å². The van der Waals surface area contributed by atoms with Crippen LogP contribution >= 0.6 is 0 Å². The molecule has 1 rings (SSSR count). The lowest BCUT2D eigenvalue weighted by Gasteiger charge is -2.42. The molecule has 0 saturated heterocycles. The SMILES string of the molecule is CCC(CC)CC1CC(C)(C)CCC1CNC. The number of rotatable bonds is 6. The van der Waals surface area contributed by atoms with E-state index < -0.39 is 0 Å². The second kappa shape index (κ2) is 6.78. The summed E-state index contributed by atoms with van der Waals surface area (Å²) in [5.41, 5.74) is 0.584. The maximum Gasteiger partial charge on any atom is -0.00209 e. The Morgan fingerprint density at radius 2 is 1.82 bits per heavy atom. The van der Waals surface area contributed by atoms with Gasteiger partial charge in [-0.3, -0.25) is 0 Å². The quantitative estimate of drug-likeness (QED) is 0.721. The van der Waals surface area contributed by atoms with Gasteiger partial charge in [-0.15, -0.1) is 0 Å². The molecule has 17 heavy (non-hydrogen) atoms. The molecule has 2 unspecified atom stereocenters. The van der Waals surface area contributed by atoms with Gasteiger partial charge in [-0.05, 0) is 62.4 Å². The fraction of sp³-hybridized carbons (Fsp3) is 1.00. The van der Waals surface area contributed by atoms with E-state index in [-0.39, 0.29) is 0 Å². The lowest BCUT2D eigenvalue weighted by atomic mass is 9.64. The largest absolute Gasteiger partial charge is 0.319 e. The van der Waals surface area contributed by atoms with Crippen molar-refractivity contribution in [1.29, 1.82) is 0 Å². The number of nitrogens with one attached hydrogen (secondary N) is 1. The molecule has 0 spiro atoms. The molecule has 1 aliphatic carbocycles. The van der Waals surface area contributed by atoms with E-state index in [1.54, 1.807) is 0 Å². The van der Waals surface area contributed by atoms with Crippen LogP contribution in [0.15, 0.2) is 0 Å². The van der Waals surface area contributed by atoms with E-state index in [0.29, 0.717) is 5.41 Å². The molecule has 0 aliphatic heterocycles. The molecular formula is C16H33N. The molecule has 0 aromatic heterocycles. The van der Waals surface area contributed by atoms with Crippen molar-refractivity contribution in [2.24, 2.45) is 23.2 Å². The molecule has 1 heteroatoms. The van der Waals surface area contributed by atoms with E-state index >= 15 is 0 Å². The molecule has 1 fully saturated rings. The van der Waals surface area contributed by atoms with Crippen molar-refractivity contribution in [3.05, 3.63) is 0 Å². The fourth-order valence-electron chi connectivity index (χ4n) is 3.65. The Morgan fingerprint density at radius 1 is 1.18 bits per heavy atom. The van der Waals surface area contributed by atoms with Gasteiger partial charge in [-0.2, -0.15) is 0 Å². The van der Waals surface area contributed by atoms with Gasteiger partial charge in [0.15, 0.2) is 0 Å². The van der Waals surface area contributed by atoms with Crippen LogP contribution < -0.4 is 5.32 Å². The highest BCUT2D eigenvalue weighted by atomic mass is 14.8. The molecule has 102 valence electrons. The molecule has 1 nitrogen and oxygen atoms in total. The summed E-state index contributed by atoms with van der Waals surface area (Å²) in [4.78, 5) is 0. The zero-order chi connectivity index (χ0) is 12.9. The zero-order valence-corrected chi connectivity index (χ0v) is 12.7. The first-order valence-corrected chi connectivity index (χ1v) is 7.67. The van der Waals surface area contributed by atoms with Gasteiger partial charge >= 0.3 is 0 Å². The Hall–Kier alpha value is -0.0400. The standard InChI is InChI=1S/C16H33N/c1-6-13(7-2)10-15-11-16(3,4)9-8-14(15)12-17-5/h13-15,17H,6-12H2,1-5H3. The second-order valence-electron chi connectivity index (χ2n) is 6.90. The van der Waals surface area contributed by atoms with Gasteiger partial charge in [0.2, 0.25) is 0 Å². The van der Waals surface area contributed by atoms with Gasteiger partial charge in [0.25, 0.3) is 0 Å². The van der Waals surface area contributed by atoms with Crippen LogP contribution in [-0.2, 0) is 0 Å². The van der Waals surface area contributed by atoms with E-state index in [2.05, 4.69) is 40.1 Å². The topological polar surface area (TPSA) is 12.0 Å². The van der Waals surface area contributed by atoms with E-state index in [4.69, 9.17) is 0 Å². The van der Waals surface area contributed by atoms with Crippen molar-refractivity contribution in [2.75, 3.05) is 13.6 Å². The average Bonchev–Trinajstić information content (AvgIpc) is 2.29. The summed E-state index contributed by atoms with van der Waals surface area (Å²) in [5, 5.41) is 3.40. The van der Waals surface area contributed by atoms with Crippen LogP contribution in [0.1, 0.15) is 66.2 Å². The number of hydrogen-bond donors (Lipinski definition) is 1. The van der Waals surface area contributed by atoms with Gasteiger partial charge in [0, 0.05) is 0 Å². The minimum Gasteiger partial charge on any atom is -0.319 e. The first-order valence-electron chi connectivity index (χ1n) is 7.67. The molecule has 0 bridgehead atoms. The molecular weight excluding hydrogens is 206 g/mol. The van der Waals surface area contributed by atoms with Gasteiger partial charge < -0.3 is 5.32 Å². The summed E-state index contributed by atoms with van der Waals surface area (Å²) in [5.74, 6) is 2.83. The van der Waals surface area contributed by atoms with Crippen LogP contribution in [0.2, 0.25) is 0 Å². The monoisotopic (exact) mass is 239 g/mol. The van der Waals surface area contributed by atoms with Crippen molar-refractivity contribution >= 4 is 0 Å². The molecule has 0 radical (unpaired) electrons. The highest BCUT2D eigenvalue weighted by molar-refractivity contribution is 4.86. The van der Waals surface area contributed by atoms with Crippen LogP contribution in [-0.4, -0.2) is 13.6 Å². The van der Waals surface area contributed by atoms with E-state index in [1.807, 2.05) is 0 Å². The van der Waals surface area contributed by atoms with Crippen molar-refractivity contribution in [1.82, 2.24) is 5.32 Å². The van der Waals surface area contributed by atoms with Gasteiger partial charge in [0.1, 0.15) is 0 Å². The van der Waals surface area contributed by atoms with Crippen molar-refractivity contribution in [2.45, 2.75) is 66.2 Å². The van der Waals surface area contributed by atoms with E-state index in [0.717, 1.165) is 17.8 Å². The maximum absolute atomic E-state index is 3.40. The van der Waals surface area contributed by atoms with Crippen LogP contribution in [0.4, 0.5) is 0 Å². The van der Waals surface area contributed by atoms with Crippen molar-refractivity contribution in [3.8, 4) is 0 Å². The normalized spacial score (nSPS) is 28.6. The molecule has 2 atom stereocenters. The molecule has 1 aliphatic rings. The van der Waals surface area contributed by atoms with Gasteiger partial charge in [0.05, 0.1) is 0 Å². The van der Waals surface area contributed by atoms with Gasteiger partial charge in [-0.25, -0.2) is 0 Å². The third-order valence-corrected chi connectivity index (χ3v) is 4.93. The predicted octanol–water partition coefficient (Wildman–Crippen LogP) is 4.47. The first kappa shape index (κ1) is 15.0. The highest BCUT2D eigenvalue weighted by Crippen LogP contribution is 2.44. The Labute approximate surface area is 109 Å². The predicted molar refractivity (Wildman–Crippen MR) is 77.2 cm³/mol. The minimum atomic E-state index is 0.584. The summed E-state index contributed by atoms with van der Waals surface area (Å²) in [6, 6.07) is 0. The zero-order valence-electron chi connectivity index (χ0n) is 12.7. The first-order chi connectivity index (χ1) is 8.02. The molecule has 0 amide bonds. The van der Waals surface area contributed by atoms with Crippen LogP contribution in [0.3, 0.4) is 0 Å². The molecule has 0 aromatic rings. The van der Waals surface area contributed by atoms with Crippen LogP contribution in [0, 0.1) is 23.2 Å². The molecule has 0 heterocycles. The van der Waals surface area contributed by atoms with Crippen molar-refractivity contribution in [3.63, 3.8) is 0 Å². The summed E-state index contributed by atoms with van der Waals surface area (Å²) in [6.45, 7) is 10.9. The summed E-state index contributed by atoms with van der Waals surface area (Å²) in [6.07, 6.45) is 8.47. The third kappa shape index (κ3) is 4.62. The highest BCUT2D eigenvalue weighted by Gasteiger charge is 2.34. The lowest BCUT2D eigenvalue weighted by molar-refractivity contribution is 0.0965. The van der Waals surface area contributed by atoms with E-state index in [9.17, 15) is 0 Å². The maximum atomic E-state index is 3.40. The van der Waals surface area contributed by atoms with Crippen molar-refractivity contribution < 1.29 is 0 Å². The van der Waals surface area contributed by atoms with E-state index in [1.165, 1.54) is 45.1 Å². The second-order valence-corrected chi connectivity index (χ2v) is 6.90. The molecule has 0 aromatic carbocycles. The fourth-order valence-corrected chi connectivity index (χ4v) is 3.65. The summed E-state index contributed by atoms with van der Waals surface area (Å²) < 4.78 is 0. The Bertz CT molecular complexity index is 206. The molecule has 1 N–H and O–H groups in total. The Balaban J connectivity index is 2.60. The Morgan fingerprint density at radius 3 is 2.35 bits per heavy atom. The minimum absolute atomic E-state index is 0.584. The lowest BCUT2D eigenvalue weighted by Crippen LogP contribution is -2.36. The molecule has 1 saturated carbocycles. The van der Waals surface area contributed by atoms with Crippen LogP contribution in [0.25, 0.3) is 0 Å². The number of hydrogen-bond acceptors (Lipinski definition) is 1. The summed E-state index contributed by atoms with van der Waals surface area (Å²) >= 11 is 0. The van der Waals surface area contributed by atoms with Gasteiger partial charge in [-0.1, -0.05) is 40.5 Å².